The van der Waals surface area contributed by atoms with Crippen LogP contribution in [0.2, 0.25) is 10.0 Å². The lowest BCUT2D eigenvalue weighted by molar-refractivity contribution is -0.181. The molecule has 0 radical (unpaired) electrons. The van der Waals surface area contributed by atoms with E-state index in [1.165, 1.54) is 12.7 Å². The monoisotopic (exact) mass is 299 g/mol. The third-order valence-electron chi connectivity index (χ3n) is 4.72. The fourth-order valence-corrected chi connectivity index (χ4v) is 4.00. The molecule has 0 spiro atoms. The van der Waals surface area contributed by atoms with Gasteiger partial charge in [0.25, 0.3) is 0 Å². The summed E-state index contributed by atoms with van der Waals surface area (Å²) in [5.41, 5.74) is 7.24. The van der Waals surface area contributed by atoms with Crippen LogP contribution in [0.5, 0.6) is 0 Å². The number of ether oxygens (including phenoxy) is 1. The molecule has 5 heteroatoms. The molecule has 3 nitrogen and oxygen atoms in total. The highest BCUT2D eigenvalue weighted by atomic mass is 35.5. The zero-order valence-electron chi connectivity index (χ0n) is 10.6. The summed E-state index contributed by atoms with van der Waals surface area (Å²) in [5.74, 6) is -0.317. The maximum atomic E-state index is 11.5. The topological polar surface area (TPSA) is 52.3 Å². The maximum Gasteiger partial charge on any atom is 0.323 e. The molecule has 1 aromatic rings. The maximum absolute atomic E-state index is 11.5. The Morgan fingerprint density at radius 3 is 2.47 bits per heavy atom. The molecule has 0 amide bonds. The van der Waals surface area contributed by atoms with Gasteiger partial charge < -0.3 is 10.5 Å². The highest BCUT2D eigenvalue weighted by Crippen LogP contribution is 2.74. The Bertz CT molecular complexity index is 539. The van der Waals surface area contributed by atoms with Crippen molar-refractivity contribution in [1.29, 1.82) is 0 Å². The summed E-state index contributed by atoms with van der Waals surface area (Å²) in [7, 11) is 1.38. The van der Waals surface area contributed by atoms with E-state index < -0.39 is 6.04 Å². The molecule has 0 saturated heterocycles. The van der Waals surface area contributed by atoms with E-state index in [-0.39, 0.29) is 16.8 Å². The van der Waals surface area contributed by atoms with Crippen molar-refractivity contribution in [3.05, 3.63) is 33.8 Å². The molecule has 102 valence electrons. The van der Waals surface area contributed by atoms with Gasteiger partial charge in [-0.2, -0.15) is 0 Å². The number of hydrogen-bond acceptors (Lipinski definition) is 3. The summed E-state index contributed by atoms with van der Waals surface area (Å²) >= 11 is 12.0. The predicted octanol–water partition coefficient (Wildman–Crippen LogP) is 2.92. The van der Waals surface area contributed by atoms with Gasteiger partial charge in [-0.1, -0.05) is 29.3 Å². The van der Waals surface area contributed by atoms with Crippen LogP contribution < -0.4 is 5.73 Å². The fraction of sp³-hybridized carbons (Fsp3) is 0.500. The number of halogens is 2. The number of hydrogen-bond donors (Lipinski definition) is 1. The summed E-state index contributed by atoms with van der Waals surface area (Å²) in [6.45, 7) is 0. The average molecular weight is 300 g/mol. The van der Waals surface area contributed by atoms with Gasteiger partial charge in [-0.15, -0.1) is 0 Å². The molecule has 1 atom stereocenters. The van der Waals surface area contributed by atoms with Gasteiger partial charge in [0, 0.05) is 0 Å². The summed E-state index contributed by atoms with van der Waals surface area (Å²) in [6.07, 6.45) is 2.77. The minimum Gasteiger partial charge on any atom is -0.468 e. The highest BCUT2D eigenvalue weighted by Gasteiger charge is 2.71. The van der Waals surface area contributed by atoms with Gasteiger partial charge in [-0.05, 0) is 47.8 Å². The third-order valence-corrected chi connectivity index (χ3v) is 5.46. The number of benzene rings is 1. The van der Waals surface area contributed by atoms with Crippen LogP contribution in [-0.4, -0.2) is 19.1 Å². The van der Waals surface area contributed by atoms with E-state index in [1.54, 1.807) is 0 Å². The molecule has 0 aromatic heterocycles. The van der Waals surface area contributed by atoms with Gasteiger partial charge in [0.1, 0.15) is 6.04 Å². The summed E-state index contributed by atoms with van der Waals surface area (Å²) < 4.78 is 4.73. The molecule has 1 unspecified atom stereocenters. The van der Waals surface area contributed by atoms with Crippen molar-refractivity contribution in [3.8, 4) is 0 Å². The molecular weight excluding hydrogens is 285 g/mol. The number of nitrogens with two attached hydrogens (primary N) is 1. The second-order valence-electron chi connectivity index (χ2n) is 5.80. The molecule has 2 N–H and O–H groups in total. The Morgan fingerprint density at radius 2 is 1.95 bits per heavy atom. The van der Waals surface area contributed by atoms with Crippen molar-refractivity contribution in [1.82, 2.24) is 0 Å². The van der Waals surface area contributed by atoms with Crippen LogP contribution in [0.15, 0.2) is 18.2 Å². The van der Waals surface area contributed by atoms with E-state index in [0.29, 0.717) is 10.0 Å². The van der Waals surface area contributed by atoms with Crippen molar-refractivity contribution >= 4 is 29.2 Å². The Balaban J connectivity index is 1.76. The van der Waals surface area contributed by atoms with E-state index in [2.05, 4.69) is 0 Å². The normalized spacial score (nSPS) is 33.1. The zero-order chi connectivity index (χ0) is 13.8. The van der Waals surface area contributed by atoms with Crippen LogP contribution in [-0.2, 0) is 14.9 Å². The molecule has 0 aliphatic heterocycles. The first-order chi connectivity index (χ1) is 8.92. The first-order valence-electron chi connectivity index (χ1n) is 6.21. The molecule has 19 heavy (non-hydrogen) atoms. The van der Waals surface area contributed by atoms with E-state index in [0.717, 1.165) is 19.3 Å². The van der Waals surface area contributed by atoms with Gasteiger partial charge in [-0.3, -0.25) is 4.79 Å². The summed E-state index contributed by atoms with van der Waals surface area (Å²) in [6, 6.07) is 5.26. The number of rotatable bonds is 3. The second kappa shape index (κ2) is 4.11. The number of methoxy groups -OCH3 is 1. The average Bonchev–Trinajstić information content (AvgIpc) is 2.29. The molecule has 3 saturated carbocycles. The molecule has 3 aliphatic rings. The summed E-state index contributed by atoms with van der Waals surface area (Å²) in [4.78, 5) is 11.5. The van der Waals surface area contributed by atoms with E-state index >= 15 is 0 Å². The lowest BCUT2D eigenvalue weighted by Crippen LogP contribution is -2.72. The van der Waals surface area contributed by atoms with Gasteiger partial charge in [-0.25, -0.2) is 0 Å². The molecule has 3 fully saturated rings. The molecule has 0 heterocycles. The van der Waals surface area contributed by atoms with Crippen molar-refractivity contribution in [3.63, 3.8) is 0 Å². The lowest BCUT2D eigenvalue weighted by atomic mass is 9.31. The standard InChI is InChI=1S/C14H15Cl2NO2/c1-19-12(18)11(17)14-5-13(6-14,7-14)8-2-3-9(15)10(16)4-8/h2-4,11H,5-7,17H2,1H3. The van der Waals surface area contributed by atoms with Crippen LogP contribution in [0.4, 0.5) is 0 Å². The molecule has 4 rings (SSSR count). The van der Waals surface area contributed by atoms with Crippen molar-refractivity contribution in [2.45, 2.75) is 30.7 Å². The fourth-order valence-electron chi connectivity index (χ4n) is 3.71. The smallest absolute Gasteiger partial charge is 0.323 e. The Kier molecular flexibility index (Phi) is 2.86. The van der Waals surface area contributed by atoms with Crippen LogP contribution in [0.1, 0.15) is 24.8 Å². The first-order valence-corrected chi connectivity index (χ1v) is 6.97. The number of carbonyl (C=O) groups excluding carboxylic acids is 1. The minimum atomic E-state index is -0.512. The SMILES string of the molecule is COC(=O)C(N)C12CC(c3ccc(Cl)c(Cl)c3)(C1)C2. The lowest BCUT2D eigenvalue weighted by Gasteiger charge is -2.72. The van der Waals surface area contributed by atoms with Gasteiger partial charge in [0.2, 0.25) is 0 Å². The Hall–Kier alpha value is -0.770. The van der Waals surface area contributed by atoms with Crippen molar-refractivity contribution in [2.24, 2.45) is 11.1 Å². The Morgan fingerprint density at radius 1 is 1.32 bits per heavy atom. The zero-order valence-corrected chi connectivity index (χ0v) is 12.1. The summed E-state index contributed by atoms with van der Waals surface area (Å²) in [5, 5.41) is 1.15. The first kappa shape index (κ1) is 13.2. The quantitative estimate of drug-likeness (QED) is 0.873. The molecule has 1 aromatic carbocycles. The van der Waals surface area contributed by atoms with Gasteiger partial charge in [0.15, 0.2) is 0 Å². The number of esters is 1. The minimum absolute atomic E-state index is 0.0702. The van der Waals surface area contributed by atoms with Crippen molar-refractivity contribution in [2.75, 3.05) is 7.11 Å². The van der Waals surface area contributed by atoms with Crippen molar-refractivity contribution < 1.29 is 9.53 Å². The Labute approximate surface area is 122 Å². The molecule has 3 aliphatic carbocycles. The second-order valence-corrected chi connectivity index (χ2v) is 6.62. The van der Waals surface area contributed by atoms with Crippen LogP contribution in [0.3, 0.4) is 0 Å². The van der Waals surface area contributed by atoms with Gasteiger partial charge >= 0.3 is 5.97 Å². The van der Waals surface area contributed by atoms with Crippen LogP contribution >= 0.6 is 23.2 Å². The largest absolute Gasteiger partial charge is 0.468 e. The van der Waals surface area contributed by atoms with Gasteiger partial charge in [0.05, 0.1) is 17.2 Å². The van der Waals surface area contributed by atoms with E-state index in [9.17, 15) is 4.79 Å². The van der Waals surface area contributed by atoms with Crippen LogP contribution in [0, 0.1) is 5.41 Å². The van der Waals surface area contributed by atoms with E-state index in [1.807, 2.05) is 18.2 Å². The third kappa shape index (κ3) is 1.72. The van der Waals surface area contributed by atoms with Crippen LogP contribution in [0.25, 0.3) is 0 Å². The molecular formula is C14H15Cl2NO2. The molecule has 2 bridgehead atoms. The van der Waals surface area contributed by atoms with E-state index in [4.69, 9.17) is 33.7 Å². The highest BCUT2D eigenvalue weighted by molar-refractivity contribution is 6.42. The number of carbonyl (C=O) groups is 1. The predicted molar refractivity (Wildman–Crippen MR) is 74.4 cm³/mol.